The van der Waals surface area contributed by atoms with Crippen LogP contribution in [0.25, 0.3) is 11.6 Å². The van der Waals surface area contributed by atoms with Crippen LogP contribution in [0.15, 0.2) is 48.7 Å². The number of aromatic nitrogens is 1. The summed E-state index contributed by atoms with van der Waals surface area (Å²) in [5.41, 5.74) is 5.49. The van der Waals surface area contributed by atoms with Gasteiger partial charge in [-0.1, -0.05) is 12.1 Å². The predicted molar refractivity (Wildman–Crippen MR) is 87.0 cm³/mol. The van der Waals surface area contributed by atoms with Crippen LogP contribution in [-0.2, 0) is 6.54 Å². The van der Waals surface area contributed by atoms with Crippen molar-refractivity contribution in [2.45, 2.75) is 25.8 Å². The van der Waals surface area contributed by atoms with E-state index in [1.807, 2.05) is 0 Å². The third-order valence-corrected chi connectivity index (χ3v) is 4.60. The van der Waals surface area contributed by atoms with Crippen molar-refractivity contribution >= 4 is 17.3 Å². The monoisotopic (exact) mass is 356 g/mol. The van der Waals surface area contributed by atoms with E-state index in [0.717, 1.165) is 13.0 Å². The SMILES string of the molecule is C(=C1/CC[n+]2ccccc21)/c1ccc(N2CCCC2)cc1.[Br-]. The fraction of sp³-hybridized carbons (Fsp3) is 0.316. The van der Waals surface area contributed by atoms with Crippen LogP contribution in [0.4, 0.5) is 5.69 Å². The summed E-state index contributed by atoms with van der Waals surface area (Å²) in [4.78, 5) is 2.48. The second-order valence-corrected chi connectivity index (χ2v) is 5.98. The second-order valence-electron chi connectivity index (χ2n) is 5.98. The Morgan fingerprint density at radius 1 is 0.955 bits per heavy atom. The number of pyridine rings is 1. The molecule has 0 aliphatic carbocycles. The molecule has 0 unspecified atom stereocenters. The Morgan fingerprint density at radius 3 is 2.50 bits per heavy atom. The topological polar surface area (TPSA) is 7.12 Å². The van der Waals surface area contributed by atoms with Crippen LogP contribution in [0.5, 0.6) is 0 Å². The van der Waals surface area contributed by atoms with Gasteiger partial charge in [0.2, 0.25) is 5.69 Å². The van der Waals surface area contributed by atoms with Gasteiger partial charge in [-0.15, -0.1) is 0 Å². The summed E-state index contributed by atoms with van der Waals surface area (Å²) in [5, 5.41) is 0. The van der Waals surface area contributed by atoms with Crippen molar-refractivity contribution in [3.05, 3.63) is 59.9 Å². The molecule has 2 aliphatic heterocycles. The fourth-order valence-electron chi connectivity index (χ4n) is 3.44. The van der Waals surface area contributed by atoms with Gasteiger partial charge in [-0.3, -0.25) is 0 Å². The number of allylic oxidation sites excluding steroid dienone is 1. The number of aryl methyl sites for hydroxylation is 1. The molecule has 0 atom stereocenters. The zero-order valence-electron chi connectivity index (χ0n) is 12.7. The molecule has 0 radical (unpaired) electrons. The minimum atomic E-state index is 0. The van der Waals surface area contributed by atoms with Gasteiger partial charge in [0.1, 0.15) is 0 Å². The molecule has 1 aromatic carbocycles. The molecule has 0 saturated carbocycles. The molecule has 1 saturated heterocycles. The number of nitrogens with zero attached hydrogens (tertiary/aromatic N) is 2. The molecule has 1 aromatic heterocycles. The highest BCUT2D eigenvalue weighted by Gasteiger charge is 2.22. The maximum atomic E-state index is 2.48. The summed E-state index contributed by atoms with van der Waals surface area (Å²) in [7, 11) is 0. The van der Waals surface area contributed by atoms with E-state index in [1.54, 1.807) is 0 Å². The van der Waals surface area contributed by atoms with Crippen molar-refractivity contribution in [2.75, 3.05) is 18.0 Å². The molecule has 0 spiro atoms. The summed E-state index contributed by atoms with van der Waals surface area (Å²) in [6.07, 6.45) is 8.32. The predicted octanol–water partition coefficient (Wildman–Crippen LogP) is 0.523. The molecule has 0 bridgehead atoms. The molecule has 3 heterocycles. The third kappa shape index (κ3) is 2.95. The first-order valence-corrected chi connectivity index (χ1v) is 7.95. The lowest BCUT2D eigenvalue weighted by atomic mass is 10.1. The summed E-state index contributed by atoms with van der Waals surface area (Å²) in [5.74, 6) is 0. The lowest BCUT2D eigenvalue weighted by molar-refractivity contribution is -0.689. The Hall–Kier alpha value is -1.61. The smallest absolute Gasteiger partial charge is 0.208 e. The van der Waals surface area contributed by atoms with Crippen molar-refractivity contribution in [2.24, 2.45) is 0 Å². The molecule has 2 nitrogen and oxygen atoms in total. The molecule has 114 valence electrons. The molecule has 2 aliphatic rings. The Balaban J connectivity index is 0.00000144. The Kier molecular flexibility index (Phi) is 4.63. The van der Waals surface area contributed by atoms with E-state index in [2.05, 4.69) is 64.2 Å². The van der Waals surface area contributed by atoms with Gasteiger partial charge in [0.25, 0.3) is 0 Å². The van der Waals surface area contributed by atoms with Crippen molar-refractivity contribution in [1.29, 1.82) is 0 Å². The highest BCUT2D eigenvalue weighted by atomic mass is 79.9. The molecular weight excluding hydrogens is 336 g/mol. The van der Waals surface area contributed by atoms with Crippen LogP contribution in [-0.4, -0.2) is 13.1 Å². The highest BCUT2D eigenvalue weighted by molar-refractivity contribution is 5.79. The zero-order valence-corrected chi connectivity index (χ0v) is 14.3. The van der Waals surface area contributed by atoms with E-state index < -0.39 is 0 Å². The molecule has 22 heavy (non-hydrogen) atoms. The Morgan fingerprint density at radius 2 is 1.73 bits per heavy atom. The minimum absolute atomic E-state index is 0. The van der Waals surface area contributed by atoms with E-state index in [0.29, 0.717) is 0 Å². The molecule has 4 rings (SSSR count). The van der Waals surface area contributed by atoms with Gasteiger partial charge in [-0.2, -0.15) is 4.57 Å². The number of halogens is 1. The summed E-state index contributed by atoms with van der Waals surface area (Å²) >= 11 is 0. The summed E-state index contributed by atoms with van der Waals surface area (Å²) < 4.78 is 2.34. The number of anilines is 1. The number of benzene rings is 1. The van der Waals surface area contributed by atoms with E-state index in [1.165, 1.54) is 48.4 Å². The van der Waals surface area contributed by atoms with Crippen molar-refractivity contribution in [3.63, 3.8) is 0 Å². The van der Waals surface area contributed by atoms with Crippen LogP contribution in [0.1, 0.15) is 30.5 Å². The largest absolute Gasteiger partial charge is 1.00 e. The molecule has 2 aromatic rings. The van der Waals surface area contributed by atoms with Gasteiger partial charge in [-0.25, -0.2) is 0 Å². The third-order valence-electron chi connectivity index (χ3n) is 4.60. The zero-order chi connectivity index (χ0) is 14.1. The van der Waals surface area contributed by atoms with Gasteiger partial charge >= 0.3 is 0 Å². The standard InChI is InChI=1S/C19H21N2.BrH/c1-2-13-21-14-10-17(19(21)5-1)15-16-6-8-18(9-7-16)20-11-3-4-12-20;/h1-2,5-9,13,15H,3-4,10-12,14H2;1H/q+1;/p-1. The lowest BCUT2D eigenvalue weighted by Gasteiger charge is -2.17. The van der Waals surface area contributed by atoms with Crippen molar-refractivity contribution < 1.29 is 21.5 Å². The second kappa shape index (κ2) is 6.66. The molecule has 0 N–H and O–H groups in total. The first-order chi connectivity index (χ1) is 10.4. The van der Waals surface area contributed by atoms with Crippen LogP contribution in [0, 0.1) is 0 Å². The van der Waals surface area contributed by atoms with Crippen molar-refractivity contribution in [1.82, 2.24) is 0 Å². The van der Waals surface area contributed by atoms with Gasteiger partial charge < -0.3 is 21.9 Å². The number of hydrogen-bond acceptors (Lipinski definition) is 1. The Labute approximate surface area is 142 Å². The first kappa shape index (κ1) is 15.3. The van der Waals surface area contributed by atoms with E-state index in [-0.39, 0.29) is 17.0 Å². The van der Waals surface area contributed by atoms with Crippen LogP contribution in [0.2, 0.25) is 0 Å². The Bertz CT molecular complexity index is 670. The summed E-state index contributed by atoms with van der Waals surface area (Å²) in [6.45, 7) is 3.53. The maximum absolute atomic E-state index is 2.48. The van der Waals surface area contributed by atoms with Crippen LogP contribution >= 0.6 is 0 Å². The minimum Gasteiger partial charge on any atom is -1.00 e. The fourth-order valence-corrected chi connectivity index (χ4v) is 3.44. The summed E-state index contributed by atoms with van der Waals surface area (Å²) in [6, 6.07) is 15.5. The van der Waals surface area contributed by atoms with Crippen LogP contribution < -0.4 is 26.4 Å². The average Bonchev–Trinajstić information content (AvgIpc) is 3.19. The molecule has 1 fully saturated rings. The van der Waals surface area contributed by atoms with E-state index in [4.69, 9.17) is 0 Å². The van der Waals surface area contributed by atoms with Gasteiger partial charge in [0.15, 0.2) is 12.7 Å². The van der Waals surface area contributed by atoms with E-state index >= 15 is 0 Å². The van der Waals surface area contributed by atoms with Gasteiger partial charge in [-0.05, 0) is 42.7 Å². The molecular formula is C19H21BrN2. The number of rotatable bonds is 2. The number of hydrogen-bond donors (Lipinski definition) is 0. The highest BCUT2D eigenvalue weighted by Crippen LogP contribution is 2.25. The van der Waals surface area contributed by atoms with Crippen LogP contribution in [0.3, 0.4) is 0 Å². The quantitative estimate of drug-likeness (QED) is 0.711. The molecule has 0 amide bonds. The first-order valence-electron chi connectivity index (χ1n) is 7.95. The normalized spacial score (nSPS) is 18.4. The lowest BCUT2D eigenvalue weighted by Crippen LogP contribution is -3.00. The maximum Gasteiger partial charge on any atom is 0.208 e. The van der Waals surface area contributed by atoms with Gasteiger partial charge in [0.05, 0.1) is 0 Å². The average molecular weight is 357 g/mol. The molecule has 3 heteroatoms. The van der Waals surface area contributed by atoms with Crippen molar-refractivity contribution in [3.8, 4) is 0 Å². The van der Waals surface area contributed by atoms with Gasteiger partial charge in [0, 0.05) is 42.9 Å². The van der Waals surface area contributed by atoms with E-state index in [9.17, 15) is 0 Å². The number of fused-ring (bicyclic) bond motifs is 1.